The first-order chi connectivity index (χ1) is 9.49. The number of carboxylic acids is 1. The van der Waals surface area contributed by atoms with Gasteiger partial charge in [-0.2, -0.15) is 0 Å². The molecule has 0 saturated carbocycles. The van der Waals surface area contributed by atoms with Crippen molar-refractivity contribution >= 4 is 17.6 Å². The summed E-state index contributed by atoms with van der Waals surface area (Å²) in [4.78, 5) is 25.3. The second kappa shape index (κ2) is 7.68. The maximum Gasteiger partial charge on any atom is 0.307 e. The Morgan fingerprint density at radius 1 is 1.15 bits per heavy atom. The molecule has 2 atom stereocenters. The van der Waals surface area contributed by atoms with Crippen LogP contribution in [-0.4, -0.2) is 23.5 Å². The number of amides is 1. The van der Waals surface area contributed by atoms with Crippen LogP contribution in [0.5, 0.6) is 0 Å². The molecule has 20 heavy (non-hydrogen) atoms. The van der Waals surface area contributed by atoms with Gasteiger partial charge in [0.1, 0.15) is 0 Å². The van der Waals surface area contributed by atoms with Gasteiger partial charge in [0, 0.05) is 18.2 Å². The van der Waals surface area contributed by atoms with Gasteiger partial charge in [-0.25, -0.2) is 0 Å². The lowest BCUT2D eigenvalue weighted by Gasteiger charge is -2.27. The molecule has 0 aliphatic heterocycles. The van der Waals surface area contributed by atoms with E-state index in [2.05, 4.69) is 6.92 Å². The molecule has 0 aliphatic carbocycles. The van der Waals surface area contributed by atoms with E-state index in [9.17, 15) is 9.59 Å². The van der Waals surface area contributed by atoms with Crippen molar-refractivity contribution in [2.45, 2.75) is 33.6 Å². The van der Waals surface area contributed by atoms with E-state index in [0.29, 0.717) is 6.54 Å². The molecule has 0 heterocycles. The molecular formula is C16H23NO3. The van der Waals surface area contributed by atoms with Crippen LogP contribution in [0.15, 0.2) is 30.3 Å². The molecule has 1 amide bonds. The smallest absolute Gasteiger partial charge is 0.307 e. The van der Waals surface area contributed by atoms with Gasteiger partial charge in [0.05, 0.1) is 5.92 Å². The topological polar surface area (TPSA) is 57.6 Å². The highest BCUT2D eigenvalue weighted by molar-refractivity contribution is 5.96. The molecule has 0 fully saturated rings. The summed E-state index contributed by atoms with van der Waals surface area (Å²) < 4.78 is 0. The Kier molecular flexibility index (Phi) is 6.22. The minimum absolute atomic E-state index is 0.125. The SMILES string of the molecule is CCCCN(C(=O)C(C)C(C)C(=O)O)c1ccccc1. The summed E-state index contributed by atoms with van der Waals surface area (Å²) in [7, 11) is 0. The summed E-state index contributed by atoms with van der Waals surface area (Å²) in [6.07, 6.45) is 1.88. The van der Waals surface area contributed by atoms with E-state index >= 15 is 0 Å². The number of aliphatic carboxylic acids is 1. The van der Waals surface area contributed by atoms with Gasteiger partial charge in [0.2, 0.25) is 5.91 Å². The van der Waals surface area contributed by atoms with Crippen LogP contribution in [0.1, 0.15) is 33.6 Å². The lowest BCUT2D eigenvalue weighted by Crippen LogP contribution is -2.39. The Labute approximate surface area is 120 Å². The Balaban J connectivity index is 2.93. The monoisotopic (exact) mass is 277 g/mol. The number of nitrogens with zero attached hydrogens (tertiary/aromatic N) is 1. The Hall–Kier alpha value is -1.84. The summed E-state index contributed by atoms with van der Waals surface area (Å²) in [5.74, 6) is -2.28. The Bertz CT molecular complexity index is 444. The standard InChI is InChI=1S/C16H23NO3/c1-4-5-11-17(14-9-7-6-8-10-14)15(18)12(2)13(3)16(19)20/h6-10,12-13H,4-5,11H2,1-3H3,(H,19,20). The predicted octanol–water partition coefficient (Wildman–Crippen LogP) is 3.18. The molecule has 0 aliphatic rings. The predicted molar refractivity (Wildman–Crippen MR) is 79.7 cm³/mol. The number of carbonyl (C=O) groups is 2. The van der Waals surface area contributed by atoms with Crippen molar-refractivity contribution in [1.29, 1.82) is 0 Å². The molecule has 2 unspecified atom stereocenters. The summed E-state index contributed by atoms with van der Waals surface area (Å²) in [6.45, 7) is 5.95. The molecule has 1 rings (SSSR count). The Morgan fingerprint density at radius 3 is 2.25 bits per heavy atom. The number of anilines is 1. The van der Waals surface area contributed by atoms with E-state index in [1.165, 1.54) is 0 Å². The molecule has 0 radical (unpaired) electrons. The molecule has 0 spiro atoms. The first-order valence-corrected chi connectivity index (χ1v) is 7.08. The van der Waals surface area contributed by atoms with Crippen molar-refractivity contribution in [3.05, 3.63) is 30.3 Å². The van der Waals surface area contributed by atoms with Crippen molar-refractivity contribution in [3.63, 3.8) is 0 Å². The number of para-hydroxylation sites is 1. The first-order valence-electron chi connectivity index (χ1n) is 7.08. The first kappa shape index (κ1) is 16.2. The van der Waals surface area contributed by atoms with Gasteiger partial charge in [-0.05, 0) is 18.6 Å². The maximum atomic E-state index is 12.6. The van der Waals surface area contributed by atoms with Crippen LogP contribution in [0, 0.1) is 11.8 Å². The van der Waals surface area contributed by atoms with E-state index in [1.54, 1.807) is 18.7 Å². The van der Waals surface area contributed by atoms with Gasteiger partial charge in [-0.3, -0.25) is 9.59 Å². The fourth-order valence-electron chi connectivity index (χ4n) is 1.96. The van der Waals surface area contributed by atoms with E-state index < -0.39 is 17.8 Å². The number of rotatable bonds is 7. The van der Waals surface area contributed by atoms with E-state index in [1.807, 2.05) is 30.3 Å². The summed E-state index contributed by atoms with van der Waals surface area (Å²) in [6, 6.07) is 9.42. The highest BCUT2D eigenvalue weighted by Crippen LogP contribution is 2.21. The molecule has 0 saturated heterocycles. The molecule has 110 valence electrons. The summed E-state index contributed by atoms with van der Waals surface area (Å²) in [5.41, 5.74) is 0.829. The van der Waals surface area contributed by atoms with Crippen molar-refractivity contribution in [3.8, 4) is 0 Å². The van der Waals surface area contributed by atoms with Gasteiger partial charge in [0.25, 0.3) is 0 Å². The quantitative estimate of drug-likeness (QED) is 0.832. The van der Waals surface area contributed by atoms with Gasteiger partial charge in [0.15, 0.2) is 0 Å². The number of unbranched alkanes of at least 4 members (excludes halogenated alkanes) is 1. The molecule has 0 aromatic heterocycles. The van der Waals surface area contributed by atoms with Gasteiger partial charge in [-0.1, -0.05) is 45.4 Å². The second-order valence-corrected chi connectivity index (χ2v) is 5.09. The van der Waals surface area contributed by atoms with Crippen molar-refractivity contribution < 1.29 is 14.7 Å². The fourth-order valence-corrected chi connectivity index (χ4v) is 1.96. The van der Waals surface area contributed by atoms with E-state index in [4.69, 9.17) is 5.11 Å². The number of hydrogen-bond acceptors (Lipinski definition) is 2. The number of hydrogen-bond donors (Lipinski definition) is 1. The molecule has 0 bridgehead atoms. The number of benzene rings is 1. The molecule has 4 heteroatoms. The van der Waals surface area contributed by atoms with Gasteiger partial charge < -0.3 is 10.0 Å². The van der Waals surface area contributed by atoms with Crippen LogP contribution in [0.3, 0.4) is 0 Å². The largest absolute Gasteiger partial charge is 0.481 e. The van der Waals surface area contributed by atoms with E-state index in [-0.39, 0.29) is 5.91 Å². The van der Waals surface area contributed by atoms with Crippen LogP contribution >= 0.6 is 0 Å². The molecular weight excluding hydrogens is 254 g/mol. The van der Waals surface area contributed by atoms with Crippen LogP contribution < -0.4 is 4.90 Å². The maximum absolute atomic E-state index is 12.6. The van der Waals surface area contributed by atoms with Crippen molar-refractivity contribution in [2.24, 2.45) is 11.8 Å². The zero-order valence-electron chi connectivity index (χ0n) is 12.4. The Morgan fingerprint density at radius 2 is 1.75 bits per heavy atom. The average molecular weight is 277 g/mol. The highest BCUT2D eigenvalue weighted by Gasteiger charge is 2.29. The van der Waals surface area contributed by atoms with Gasteiger partial charge >= 0.3 is 5.97 Å². The third-order valence-electron chi connectivity index (χ3n) is 3.60. The van der Waals surface area contributed by atoms with Crippen molar-refractivity contribution in [2.75, 3.05) is 11.4 Å². The fraction of sp³-hybridized carbons (Fsp3) is 0.500. The van der Waals surface area contributed by atoms with Crippen LogP contribution in [0.2, 0.25) is 0 Å². The van der Waals surface area contributed by atoms with E-state index in [0.717, 1.165) is 18.5 Å². The van der Waals surface area contributed by atoms with Crippen molar-refractivity contribution in [1.82, 2.24) is 0 Å². The second-order valence-electron chi connectivity index (χ2n) is 5.09. The number of carbonyl (C=O) groups excluding carboxylic acids is 1. The summed E-state index contributed by atoms with van der Waals surface area (Å²) >= 11 is 0. The molecule has 1 aromatic rings. The molecule has 1 N–H and O–H groups in total. The lowest BCUT2D eigenvalue weighted by atomic mass is 9.94. The van der Waals surface area contributed by atoms with Crippen LogP contribution in [0.4, 0.5) is 5.69 Å². The molecule has 4 nitrogen and oxygen atoms in total. The van der Waals surface area contributed by atoms with Crippen LogP contribution in [-0.2, 0) is 9.59 Å². The molecule has 1 aromatic carbocycles. The zero-order chi connectivity index (χ0) is 15.1. The van der Waals surface area contributed by atoms with Gasteiger partial charge in [-0.15, -0.1) is 0 Å². The zero-order valence-corrected chi connectivity index (χ0v) is 12.4. The minimum atomic E-state index is -0.936. The number of carboxylic acid groups (broad SMARTS) is 1. The normalized spacial score (nSPS) is 13.6. The van der Waals surface area contributed by atoms with Crippen LogP contribution in [0.25, 0.3) is 0 Å². The third-order valence-corrected chi connectivity index (χ3v) is 3.60. The lowest BCUT2D eigenvalue weighted by molar-refractivity contribution is -0.145. The third kappa shape index (κ3) is 4.08. The summed E-state index contributed by atoms with van der Waals surface area (Å²) in [5, 5.41) is 9.06. The average Bonchev–Trinajstić information content (AvgIpc) is 2.46. The minimum Gasteiger partial charge on any atom is -0.481 e. The highest BCUT2D eigenvalue weighted by atomic mass is 16.4.